The fraction of sp³-hybridized carbons (Fsp3) is 0.222. The molecule has 2 aromatic carbocycles. The fourth-order valence-corrected chi connectivity index (χ4v) is 2.63. The molecule has 0 aliphatic rings. The second-order valence-corrected chi connectivity index (χ2v) is 5.96. The summed E-state index contributed by atoms with van der Waals surface area (Å²) >= 11 is 5.96. The van der Waals surface area contributed by atoms with Gasteiger partial charge in [0.1, 0.15) is 11.6 Å². The summed E-state index contributed by atoms with van der Waals surface area (Å²) in [6.45, 7) is 2.87. The molecule has 0 amide bonds. The van der Waals surface area contributed by atoms with E-state index in [0.29, 0.717) is 23.3 Å². The average Bonchev–Trinajstić information content (AvgIpc) is 3.06. The highest BCUT2D eigenvalue weighted by Gasteiger charge is 2.16. The van der Waals surface area contributed by atoms with Gasteiger partial charge in [0, 0.05) is 22.7 Å². The molecule has 3 aromatic rings. The minimum absolute atomic E-state index is 0.0268. The van der Waals surface area contributed by atoms with Crippen LogP contribution in [0, 0.1) is 11.6 Å². The Morgan fingerprint density at radius 3 is 2.48 bits per heavy atom. The largest absolute Gasteiger partial charge is 0.338 e. The number of rotatable bonds is 6. The van der Waals surface area contributed by atoms with Gasteiger partial charge in [-0.1, -0.05) is 41.9 Å². The second-order valence-electron chi connectivity index (χ2n) is 5.53. The van der Waals surface area contributed by atoms with E-state index in [0.717, 1.165) is 5.56 Å². The molecule has 0 N–H and O–H groups in total. The van der Waals surface area contributed by atoms with Crippen molar-refractivity contribution < 1.29 is 13.3 Å². The van der Waals surface area contributed by atoms with Gasteiger partial charge in [-0.3, -0.25) is 4.90 Å². The van der Waals surface area contributed by atoms with Crippen LogP contribution in [0.2, 0.25) is 5.02 Å². The molecule has 4 nitrogen and oxygen atoms in total. The normalized spacial score (nSPS) is 11.2. The SMILES string of the molecule is CCN(Cc1nc(-c2cccc(Cl)c2)no1)Cc1c(F)cccc1F. The van der Waals surface area contributed by atoms with Crippen LogP contribution in [-0.2, 0) is 13.1 Å². The summed E-state index contributed by atoms with van der Waals surface area (Å²) in [5.74, 6) is -0.341. The standard InChI is InChI=1S/C18H16ClF2N3O/c1-2-24(10-14-15(20)7-4-8-16(14)21)11-17-22-18(23-25-17)12-5-3-6-13(19)9-12/h3-9H,2,10-11H2,1H3. The summed E-state index contributed by atoms with van der Waals surface area (Å²) < 4.78 is 32.9. The Balaban J connectivity index is 1.74. The van der Waals surface area contributed by atoms with Crippen molar-refractivity contribution in [2.75, 3.05) is 6.54 Å². The monoisotopic (exact) mass is 363 g/mol. The molecule has 1 heterocycles. The van der Waals surface area contributed by atoms with E-state index in [1.807, 2.05) is 17.9 Å². The zero-order valence-corrected chi connectivity index (χ0v) is 14.3. The minimum atomic E-state index is -0.566. The van der Waals surface area contributed by atoms with Gasteiger partial charge in [0.05, 0.1) is 6.54 Å². The number of halogens is 3. The molecule has 130 valence electrons. The van der Waals surface area contributed by atoms with Crippen LogP contribution in [0.25, 0.3) is 11.4 Å². The second kappa shape index (κ2) is 7.72. The third-order valence-electron chi connectivity index (χ3n) is 3.80. The molecule has 0 unspecified atom stereocenters. The first-order chi connectivity index (χ1) is 12.1. The van der Waals surface area contributed by atoms with Gasteiger partial charge in [-0.15, -0.1) is 0 Å². The number of hydrogen-bond donors (Lipinski definition) is 0. The van der Waals surface area contributed by atoms with Crippen LogP contribution in [0.1, 0.15) is 18.4 Å². The van der Waals surface area contributed by atoms with Crippen LogP contribution >= 0.6 is 11.6 Å². The van der Waals surface area contributed by atoms with E-state index in [-0.39, 0.29) is 18.7 Å². The molecular formula is C18H16ClF2N3O. The number of benzene rings is 2. The molecule has 0 aliphatic heterocycles. The van der Waals surface area contributed by atoms with Crippen molar-refractivity contribution in [1.29, 1.82) is 0 Å². The van der Waals surface area contributed by atoms with Crippen molar-refractivity contribution in [1.82, 2.24) is 15.0 Å². The number of nitrogens with zero attached hydrogens (tertiary/aromatic N) is 3. The lowest BCUT2D eigenvalue weighted by molar-refractivity contribution is 0.223. The lowest BCUT2D eigenvalue weighted by Gasteiger charge is -2.18. The maximum Gasteiger partial charge on any atom is 0.241 e. The molecule has 0 saturated heterocycles. The number of hydrogen-bond acceptors (Lipinski definition) is 4. The summed E-state index contributed by atoms with van der Waals surface area (Å²) in [6.07, 6.45) is 0. The fourth-order valence-electron chi connectivity index (χ4n) is 2.44. The molecule has 0 radical (unpaired) electrons. The Labute approximate surface area is 149 Å². The van der Waals surface area contributed by atoms with Gasteiger partial charge in [0.25, 0.3) is 0 Å². The highest BCUT2D eigenvalue weighted by Crippen LogP contribution is 2.21. The maximum atomic E-state index is 13.8. The first-order valence-corrected chi connectivity index (χ1v) is 8.18. The Morgan fingerprint density at radius 2 is 1.80 bits per heavy atom. The van der Waals surface area contributed by atoms with Gasteiger partial charge in [-0.05, 0) is 30.8 Å². The van der Waals surface area contributed by atoms with Crippen LogP contribution in [0.3, 0.4) is 0 Å². The van der Waals surface area contributed by atoms with E-state index in [2.05, 4.69) is 10.1 Å². The third kappa shape index (κ3) is 4.21. The van der Waals surface area contributed by atoms with E-state index in [9.17, 15) is 8.78 Å². The van der Waals surface area contributed by atoms with Crippen molar-refractivity contribution in [3.05, 3.63) is 70.6 Å². The first kappa shape index (κ1) is 17.5. The minimum Gasteiger partial charge on any atom is -0.338 e. The van der Waals surface area contributed by atoms with Crippen LogP contribution in [0.4, 0.5) is 8.78 Å². The van der Waals surface area contributed by atoms with Gasteiger partial charge in [-0.2, -0.15) is 4.98 Å². The van der Waals surface area contributed by atoms with Crippen LogP contribution in [-0.4, -0.2) is 21.6 Å². The third-order valence-corrected chi connectivity index (χ3v) is 4.04. The van der Waals surface area contributed by atoms with Crippen molar-refractivity contribution >= 4 is 11.6 Å². The van der Waals surface area contributed by atoms with Crippen molar-refractivity contribution in [2.24, 2.45) is 0 Å². The molecule has 0 fully saturated rings. The van der Waals surface area contributed by atoms with Crippen LogP contribution in [0.15, 0.2) is 47.0 Å². The van der Waals surface area contributed by atoms with E-state index in [4.69, 9.17) is 16.1 Å². The summed E-state index contributed by atoms with van der Waals surface area (Å²) in [4.78, 5) is 6.15. The van der Waals surface area contributed by atoms with Crippen LogP contribution in [0.5, 0.6) is 0 Å². The highest BCUT2D eigenvalue weighted by molar-refractivity contribution is 6.30. The van der Waals surface area contributed by atoms with Gasteiger partial charge in [0.2, 0.25) is 11.7 Å². The molecule has 25 heavy (non-hydrogen) atoms. The Kier molecular flexibility index (Phi) is 5.40. The van der Waals surface area contributed by atoms with E-state index < -0.39 is 11.6 Å². The van der Waals surface area contributed by atoms with Gasteiger partial charge in [-0.25, -0.2) is 8.78 Å². The predicted octanol–water partition coefficient (Wildman–Crippen LogP) is 4.69. The first-order valence-electron chi connectivity index (χ1n) is 7.80. The Bertz CT molecular complexity index is 849. The van der Waals surface area contributed by atoms with Crippen molar-refractivity contribution in [3.63, 3.8) is 0 Å². The van der Waals surface area contributed by atoms with Crippen molar-refractivity contribution in [2.45, 2.75) is 20.0 Å². The molecule has 3 rings (SSSR count). The molecule has 1 aromatic heterocycles. The zero-order valence-electron chi connectivity index (χ0n) is 13.5. The van der Waals surface area contributed by atoms with E-state index in [1.54, 1.807) is 18.2 Å². The maximum absolute atomic E-state index is 13.8. The van der Waals surface area contributed by atoms with Crippen LogP contribution < -0.4 is 0 Å². The predicted molar refractivity (Wildman–Crippen MR) is 90.9 cm³/mol. The molecule has 0 spiro atoms. The lowest BCUT2D eigenvalue weighted by Crippen LogP contribution is -2.23. The van der Waals surface area contributed by atoms with E-state index >= 15 is 0 Å². The smallest absolute Gasteiger partial charge is 0.241 e. The van der Waals surface area contributed by atoms with Crippen molar-refractivity contribution in [3.8, 4) is 11.4 Å². The molecule has 0 aliphatic carbocycles. The topological polar surface area (TPSA) is 42.2 Å². The molecule has 0 saturated carbocycles. The zero-order chi connectivity index (χ0) is 17.8. The average molecular weight is 364 g/mol. The molecule has 0 bridgehead atoms. The lowest BCUT2D eigenvalue weighted by atomic mass is 10.2. The quantitative estimate of drug-likeness (QED) is 0.637. The molecule has 0 atom stereocenters. The van der Waals surface area contributed by atoms with Gasteiger partial charge >= 0.3 is 0 Å². The van der Waals surface area contributed by atoms with Gasteiger partial charge in [0.15, 0.2) is 0 Å². The summed E-state index contributed by atoms with van der Waals surface area (Å²) in [6, 6.07) is 11.0. The Morgan fingerprint density at radius 1 is 1.08 bits per heavy atom. The highest BCUT2D eigenvalue weighted by atomic mass is 35.5. The molecular weight excluding hydrogens is 348 g/mol. The van der Waals surface area contributed by atoms with E-state index in [1.165, 1.54) is 18.2 Å². The molecule has 7 heteroatoms. The van der Waals surface area contributed by atoms with Gasteiger partial charge < -0.3 is 4.52 Å². The summed E-state index contributed by atoms with van der Waals surface area (Å²) in [5, 5.41) is 4.52. The summed E-state index contributed by atoms with van der Waals surface area (Å²) in [7, 11) is 0. The Hall–Kier alpha value is -2.31. The summed E-state index contributed by atoms with van der Waals surface area (Å²) in [5.41, 5.74) is 0.768. The number of aromatic nitrogens is 2.